The summed E-state index contributed by atoms with van der Waals surface area (Å²) in [7, 11) is 2.35. The first-order valence-corrected chi connectivity index (χ1v) is 12.2. The lowest BCUT2D eigenvalue weighted by Crippen LogP contribution is -2.56. The van der Waals surface area contributed by atoms with Gasteiger partial charge < -0.3 is 16.2 Å². The molecule has 1 aromatic carbocycles. The number of halogens is 2. The maximum absolute atomic E-state index is 14.6. The van der Waals surface area contributed by atoms with E-state index in [1.807, 2.05) is 19.9 Å². The highest BCUT2D eigenvalue weighted by Crippen LogP contribution is 2.44. The van der Waals surface area contributed by atoms with Gasteiger partial charge in [-0.15, -0.1) is 9.24 Å². The fourth-order valence-electron chi connectivity index (χ4n) is 5.05. The number of hydrogen-bond acceptors (Lipinski definition) is 5. The van der Waals surface area contributed by atoms with Gasteiger partial charge in [0.15, 0.2) is 0 Å². The van der Waals surface area contributed by atoms with Crippen molar-refractivity contribution in [3.63, 3.8) is 0 Å². The third-order valence-electron chi connectivity index (χ3n) is 7.14. The molecule has 9 heteroatoms. The van der Waals surface area contributed by atoms with E-state index in [9.17, 15) is 18.7 Å². The van der Waals surface area contributed by atoms with Gasteiger partial charge in [-0.05, 0) is 66.2 Å². The van der Waals surface area contributed by atoms with Crippen molar-refractivity contribution in [2.75, 3.05) is 5.32 Å². The number of benzene rings is 1. The minimum absolute atomic E-state index is 0.0136. The molecule has 5 atom stereocenters. The van der Waals surface area contributed by atoms with Gasteiger partial charge in [0.2, 0.25) is 0 Å². The fourth-order valence-corrected chi connectivity index (χ4v) is 5.44. The first kappa shape index (κ1) is 25.3. The van der Waals surface area contributed by atoms with Crippen LogP contribution in [0.3, 0.4) is 0 Å². The van der Waals surface area contributed by atoms with Crippen LogP contribution in [0.15, 0.2) is 48.8 Å². The van der Waals surface area contributed by atoms with Crippen molar-refractivity contribution in [3.8, 4) is 11.3 Å². The number of aliphatic hydroxyl groups is 1. The Morgan fingerprint density at radius 1 is 1.23 bits per heavy atom. The molecule has 0 radical (unpaired) electrons. The third kappa shape index (κ3) is 4.83. The molecule has 1 saturated carbocycles. The largest absolute Gasteiger partial charge is 0.388 e. The van der Waals surface area contributed by atoms with Crippen molar-refractivity contribution in [3.05, 3.63) is 71.7 Å². The lowest BCUT2D eigenvalue weighted by Gasteiger charge is -2.46. The average Bonchev–Trinajstić information content (AvgIpc) is 2.83. The van der Waals surface area contributed by atoms with Crippen LogP contribution in [0.5, 0.6) is 0 Å². The van der Waals surface area contributed by atoms with Gasteiger partial charge in [0.25, 0.3) is 5.91 Å². The predicted molar refractivity (Wildman–Crippen MR) is 135 cm³/mol. The maximum atomic E-state index is 14.6. The summed E-state index contributed by atoms with van der Waals surface area (Å²) in [4.78, 5) is 21.4. The molecule has 184 valence electrons. The van der Waals surface area contributed by atoms with Crippen LogP contribution in [0.25, 0.3) is 11.3 Å². The number of nitrogens with one attached hydrogen (secondary N) is 1. The zero-order chi connectivity index (χ0) is 25.3. The minimum Gasteiger partial charge on any atom is -0.388 e. The van der Waals surface area contributed by atoms with Crippen molar-refractivity contribution in [2.24, 2.45) is 11.7 Å². The van der Waals surface area contributed by atoms with Crippen molar-refractivity contribution >= 4 is 26.1 Å². The highest BCUT2D eigenvalue weighted by atomic mass is 31.0. The Hall–Kier alpha value is -2.80. The molecule has 0 bridgehead atoms. The van der Waals surface area contributed by atoms with Crippen molar-refractivity contribution in [1.82, 2.24) is 9.97 Å². The summed E-state index contributed by atoms with van der Waals surface area (Å²) in [5.74, 6) is -1.95. The number of carbonyl (C=O) groups excluding carboxylic acids is 1. The summed E-state index contributed by atoms with van der Waals surface area (Å²) in [6.45, 7) is 3.92. The Balaban J connectivity index is 1.62. The molecule has 1 aliphatic carbocycles. The molecule has 2 aromatic heterocycles. The van der Waals surface area contributed by atoms with E-state index in [4.69, 9.17) is 5.73 Å². The molecule has 35 heavy (non-hydrogen) atoms. The third-order valence-corrected chi connectivity index (χ3v) is 7.62. The molecule has 0 aliphatic heterocycles. The molecule has 6 nitrogen and oxygen atoms in total. The van der Waals surface area contributed by atoms with Crippen LogP contribution in [-0.2, 0) is 0 Å². The quantitative estimate of drug-likeness (QED) is 0.459. The van der Waals surface area contributed by atoms with E-state index in [0.717, 1.165) is 11.6 Å². The maximum Gasteiger partial charge on any atom is 0.274 e. The van der Waals surface area contributed by atoms with Gasteiger partial charge in [0.1, 0.15) is 23.0 Å². The summed E-state index contributed by atoms with van der Waals surface area (Å²) >= 11 is 0. The molecule has 0 saturated heterocycles. The second-order valence-corrected chi connectivity index (χ2v) is 9.79. The monoisotopic (exact) mass is 498 g/mol. The van der Waals surface area contributed by atoms with Gasteiger partial charge in [0.05, 0.1) is 17.5 Å². The van der Waals surface area contributed by atoms with Gasteiger partial charge in [0, 0.05) is 17.8 Å². The summed E-state index contributed by atoms with van der Waals surface area (Å²) in [5.41, 5.74) is 6.48. The molecule has 1 fully saturated rings. The molecule has 0 spiro atoms. The summed E-state index contributed by atoms with van der Waals surface area (Å²) in [6, 6.07) is 8.14. The molecule has 1 aliphatic rings. The van der Waals surface area contributed by atoms with Crippen molar-refractivity contribution in [1.29, 1.82) is 0 Å². The molecule has 1 amide bonds. The van der Waals surface area contributed by atoms with E-state index in [0.29, 0.717) is 30.3 Å². The zero-order valence-corrected chi connectivity index (χ0v) is 20.8. The van der Waals surface area contributed by atoms with E-state index in [2.05, 4.69) is 24.5 Å². The number of nitrogens with two attached hydrogens (primary N) is 1. The van der Waals surface area contributed by atoms with Crippen LogP contribution >= 0.6 is 9.24 Å². The van der Waals surface area contributed by atoms with Crippen molar-refractivity contribution in [2.45, 2.75) is 50.7 Å². The van der Waals surface area contributed by atoms with Crippen LogP contribution in [-0.4, -0.2) is 32.6 Å². The Morgan fingerprint density at radius 2 is 2.00 bits per heavy atom. The number of rotatable bonds is 5. The van der Waals surface area contributed by atoms with Crippen LogP contribution < -0.4 is 16.4 Å². The second kappa shape index (κ2) is 10.1. The number of hydrogen-bond donors (Lipinski definition) is 3. The molecule has 2 heterocycles. The lowest BCUT2D eigenvalue weighted by molar-refractivity contribution is -0.0651. The number of amides is 1. The number of anilines is 1. The number of aromatic nitrogens is 2. The van der Waals surface area contributed by atoms with E-state index in [1.165, 1.54) is 18.2 Å². The first-order chi connectivity index (χ1) is 16.7. The Bertz CT molecular complexity index is 1220. The van der Waals surface area contributed by atoms with Crippen LogP contribution in [0, 0.1) is 17.6 Å². The fraction of sp³-hybridized carbons (Fsp3) is 0.346. The molecular formula is C26H29F2N4O2P. The Kier molecular flexibility index (Phi) is 7.27. The highest BCUT2D eigenvalue weighted by molar-refractivity contribution is 7.28. The van der Waals surface area contributed by atoms with Gasteiger partial charge in [-0.25, -0.2) is 13.8 Å². The molecule has 5 unspecified atom stereocenters. The minimum atomic E-state index is -0.926. The molecular weight excluding hydrogens is 469 g/mol. The second-order valence-electron chi connectivity index (χ2n) is 9.17. The molecule has 4 rings (SSSR count). The standard InChI is InChI=1S/C26H29F2N4O2P/c1-3-26(34)14(2)11-15(12-22(26)29)16-9-10-30-13-20(16)32-25(33)19-8-7-18(28)24(31-19)23-17(27)5-4-6-21(23)35/h4-10,13-15,22,34H,3,11-12,29,35H2,1-2H3,(H,32,33). The summed E-state index contributed by atoms with van der Waals surface area (Å²) in [6.07, 6.45) is 5.03. The summed E-state index contributed by atoms with van der Waals surface area (Å²) in [5, 5.41) is 14.2. The van der Waals surface area contributed by atoms with Gasteiger partial charge in [-0.1, -0.05) is 26.0 Å². The smallest absolute Gasteiger partial charge is 0.274 e. The zero-order valence-electron chi connectivity index (χ0n) is 19.6. The van der Waals surface area contributed by atoms with E-state index < -0.39 is 29.2 Å². The number of pyridine rings is 2. The van der Waals surface area contributed by atoms with Gasteiger partial charge >= 0.3 is 0 Å². The Labute approximate surface area is 205 Å². The number of carbonyl (C=O) groups is 1. The predicted octanol–water partition coefficient (Wildman–Crippen LogP) is 4.16. The van der Waals surface area contributed by atoms with Crippen LogP contribution in [0.2, 0.25) is 0 Å². The normalized spacial score (nSPS) is 24.3. The van der Waals surface area contributed by atoms with Crippen LogP contribution in [0.4, 0.5) is 14.5 Å². The van der Waals surface area contributed by atoms with Crippen LogP contribution in [0.1, 0.15) is 55.1 Å². The highest BCUT2D eigenvalue weighted by Gasteiger charge is 2.44. The molecule has 3 aromatic rings. The van der Waals surface area contributed by atoms with Gasteiger partial charge in [-0.3, -0.25) is 9.78 Å². The van der Waals surface area contributed by atoms with Crippen molar-refractivity contribution < 1.29 is 18.7 Å². The van der Waals surface area contributed by atoms with E-state index in [-0.39, 0.29) is 28.8 Å². The number of nitrogens with zero attached hydrogens (tertiary/aromatic N) is 2. The molecule has 4 N–H and O–H groups in total. The lowest BCUT2D eigenvalue weighted by atomic mass is 9.66. The summed E-state index contributed by atoms with van der Waals surface area (Å²) < 4.78 is 29.0. The van der Waals surface area contributed by atoms with E-state index in [1.54, 1.807) is 18.5 Å². The first-order valence-electron chi connectivity index (χ1n) is 11.6. The topological polar surface area (TPSA) is 101 Å². The Morgan fingerprint density at radius 3 is 2.69 bits per heavy atom. The van der Waals surface area contributed by atoms with E-state index >= 15 is 0 Å². The SMILES string of the molecule is CCC1(O)C(C)CC(c2ccncc2NC(=O)c2ccc(F)c(-c3c(F)cccc3P)n2)CC1N. The van der Waals surface area contributed by atoms with Gasteiger partial charge in [-0.2, -0.15) is 0 Å². The average molecular weight is 499 g/mol.